The van der Waals surface area contributed by atoms with Crippen LogP contribution in [0.2, 0.25) is 0 Å². The van der Waals surface area contributed by atoms with Crippen molar-refractivity contribution in [2.75, 3.05) is 0 Å². The first kappa shape index (κ1) is 10.8. The monoisotopic (exact) mass is 210 g/mol. The van der Waals surface area contributed by atoms with E-state index in [9.17, 15) is 15.0 Å². The summed E-state index contributed by atoms with van der Waals surface area (Å²) >= 11 is 0. The van der Waals surface area contributed by atoms with Gasteiger partial charge in [0.05, 0.1) is 11.7 Å². The Balaban J connectivity index is 2.48. The molecule has 0 aromatic carbocycles. The first-order valence-corrected chi connectivity index (χ1v) is 5.52. The molecule has 0 amide bonds. The number of carbonyl (C=O) groups is 1. The van der Waals surface area contributed by atoms with Gasteiger partial charge in [-0.2, -0.15) is 0 Å². The van der Waals surface area contributed by atoms with Gasteiger partial charge in [0.25, 0.3) is 0 Å². The van der Waals surface area contributed by atoms with Crippen molar-refractivity contribution in [1.29, 1.82) is 0 Å². The summed E-state index contributed by atoms with van der Waals surface area (Å²) in [7, 11) is 0. The second-order valence-electron chi connectivity index (χ2n) is 5.27. The fourth-order valence-electron chi connectivity index (χ4n) is 2.90. The van der Waals surface area contributed by atoms with Crippen molar-refractivity contribution in [2.45, 2.75) is 51.2 Å². The fraction of sp³-hybridized carbons (Fsp3) is 0.750. The van der Waals surface area contributed by atoms with Crippen LogP contribution in [0.4, 0.5) is 0 Å². The quantitative estimate of drug-likeness (QED) is 0.631. The molecule has 2 aliphatic rings. The van der Waals surface area contributed by atoms with Gasteiger partial charge in [-0.25, -0.2) is 0 Å². The summed E-state index contributed by atoms with van der Waals surface area (Å²) in [5, 5.41) is 20.3. The number of aliphatic hydroxyl groups excluding tert-OH is 1. The zero-order valence-corrected chi connectivity index (χ0v) is 9.29. The zero-order valence-electron chi connectivity index (χ0n) is 9.29. The minimum atomic E-state index is -0.927. The van der Waals surface area contributed by atoms with Gasteiger partial charge < -0.3 is 10.2 Å². The molecule has 3 nitrogen and oxygen atoms in total. The van der Waals surface area contributed by atoms with E-state index in [1.165, 1.54) is 0 Å². The van der Waals surface area contributed by atoms with E-state index in [4.69, 9.17) is 0 Å². The van der Waals surface area contributed by atoms with Crippen molar-refractivity contribution in [3.63, 3.8) is 0 Å². The summed E-state index contributed by atoms with van der Waals surface area (Å²) in [6, 6.07) is 0. The Kier molecular flexibility index (Phi) is 2.28. The van der Waals surface area contributed by atoms with Crippen LogP contribution in [-0.2, 0) is 4.79 Å². The Morgan fingerprint density at radius 3 is 2.73 bits per heavy atom. The Labute approximate surface area is 89.8 Å². The van der Waals surface area contributed by atoms with E-state index in [1.807, 2.05) is 6.92 Å². The van der Waals surface area contributed by atoms with Crippen LogP contribution in [0.3, 0.4) is 0 Å². The van der Waals surface area contributed by atoms with Gasteiger partial charge in [-0.15, -0.1) is 0 Å². The molecular formula is C12H18O3. The second kappa shape index (κ2) is 3.16. The van der Waals surface area contributed by atoms with Gasteiger partial charge in [0.2, 0.25) is 0 Å². The van der Waals surface area contributed by atoms with Crippen molar-refractivity contribution in [1.82, 2.24) is 0 Å². The standard InChI is InChI=1S/C12H18O3/c1-11-5-3-8(13)7-9(11)12(2,15)6-4-10(11)14/h7,10,14-15H,3-6H2,1-2H3/t10-,11-,12+/m1/s1. The van der Waals surface area contributed by atoms with Gasteiger partial charge in [-0.05, 0) is 37.8 Å². The molecule has 1 fully saturated rings. The summed E-state index contributed by atoms with van der Waals surface area (Å²) in [6.45, 7) is 3.69. The maximum Gasteiger partial charge on any atom is 0.155 e. The van der Waals surface area contributed by atoms with Crippen molar-refractivity contribution in [3.8, 4) is 0 Å². The van der Waals surface area contributed by atoms with E-state index in [0.717, 1.165) is 5.57 Å². The van der Waals surface area contributed by atoms with Crippen molar-refractivity contribution < 1.29 is 15.0 Å². The lowest BCUT2D eigenvalue weighted by atomic mass is 9.59. The molecule has 2 aliphatic carbocycles. The molecule has 0 radical (unpaired) electrons. The predicted octanol–water partition coefficient (Wildman–Crippen LogP) is 1.19. The van der Waals surface area contributed by atoms with Crippen LogP contribution in [0.5, 0.6) is 0 Å². The third-order valence-electron chi connectivity index (χ3n) is 4.03. The van der Waals surface area contributed by atoms with Crippen molar-refractivity contribution >= 4 is 5.78 Å². The second-order valence-corrected chi connectivity index (χ2v) is 5.27. The van der Waals surface area contributed by atoms with E-state index in [1.54, 1.807) is 13.0 Å². The summed E-state index contributed by atoms with van der Waals surface area (Å²) < 4.78 is 0. The normalized spacial score (nSPS) is 46.0. The van der Waals surface area contributed by atoms with Crippen LogP contribution >= 0.6 is 0 Å². The molecule has 0 bridgehead atoms. The minimum absolute atomic E-state index is 0.0665. The van der Waals surface area contributed by atoms with Crippen LogP contribution in [-0.4, -0.2) is 27.7 Å². The van der Waals surface area contributed by atoms with Crippen LogP contribution in [0, 0.1) is 5.41 Å². The first-order chi connectivity index (χ1) is 6.86. The molecule has 3 atom stereocenters. The maximum atomic E-state index is 11.4. The van der Waals surface area contributed by atoms with Crippen LogP contribution in [0.15, 0.2) is 11.6 Å². The Hall–Kier alpha value is -0.670. The summed E-state index contributed by atoms with van der Waals surface area (Å²) in [6.07, 6.45) is 3.38. The highest BCUT2D eigenvalue weighted by atomic mass is 16.3. The van der Waals surface area contributed by atoms with E-state index in [2.05, 4.69) is 0 Å². The number of rotatable bonds is 0. The zero-order chi connectivity index (χ0) is 11.3. The van der Waals surface area contributed by atoms with Crippen LogP contribution in [0.1, 0.15) is 39.5 Å². The molecule has 0 unspecified atom stereocenters. The highest BCUT2D eigenvalue weighted by molar-refractivity contribution is 5.92. The van der Waals surface area contributed by atoms with Crippen molar-refractivity contribution in [2.24, 2.45) is 5.41 Å². The molecule has 15 heavy (non-hydrogen) atoms. The Morgan fingerprint density at radius 1 is 1.40 bits per heavy atom. The summed E-state index contributed by atoms with van der Waals surface area (Å²) in [4.78, 5) is 11.4. The molecular weight excluding hydrogens is 192 g/mol. The number of allylic oxidation sites excluding steroid dienone is 1. The molecule has 0 aromatic heterocycles. The van der Waals surface area contributed by atoms with Crippen molar-refractivity contribution in [3.05, 3.63) is 11.6 Å². The summed E-state index contributed by atoms with van der Waals surface area (Å²) in [5.41, 5.74) is -0.607. The lowest BCUT2D eigenvalue weighted by Gasteiger charge is -2.49. The van der Waals surface area contributed by atoms with E-state index < -0.39 is 17.1 Å². The van der Waals surface area contributed by atoms with E-state index >= 15 is 0 Å². The van der Waals surface area contributed by atoms with Gasteiger partial charge in [0.1, 0.15) is 0 Å². The molecule has 1 saturated carbocycles. The number of fused-ring (bicyclic) bond motifs is 1. The van der Waals surface area contributed by atoms with Gasteiger partial charge >= 0.3 is 0 Å². The number of ketones is 1. The van der Waals surface area contributed by atoms with Gasteiger partial charge in [-0.3, -0.25) is 4.79 Å². The van der Waals surface area contributed by atoms with Gasteiger partial charge in [0.15, 0.2) is 5.78 Å². The molecule has 0 spiro atoms. The number of carbonyl (C=O) groups excluding carboxylic acids is 1. The molecule has 0 saturated heterocycles. The third kappa shape index (κ3) is 1.54. The predicted molar refractivity (Wildman–Crippen MR) is 56.3 cm³/mol. The Morgan fingerprint density at radius 2 is 2.07 bits per heavy atom. The SMILES string of the molecule is C[C@]1(O)CC[C@@H](O)[C@]2(C)CCC(=O)C=C12. The molecule has 3 heteroatoms. The minimum Gasteiger partial charge on any atom is -0.392 e. The largest absolute Gasteiger partial charge is 0.392 e. The number of hydrogen-bond donors (Lipinski definition) is 2. The molecule has 0 aromatic rings. The highest BCUT2D eigenvalue weighted by Crippen LogP contribution is 2.50. The van der Waals surface area contributed by atoms with Gasteiger partial charge in [0, 0.05) is 11.8 Å². The maximum absolute atomic E-state index is 11.4. The molecule has 84 valence electrons. The molecule has 0 aliphatic heterocycles. The average molecular weight is 210 g/mol. The topological polar surface area (TPSA) is 57.5 Å². The highest BCUT2D eigenvalue weighted by Gasteiger charge is 2.50. The number of aliphatic hydroxyl groups is 2. The van der Waals surface area contributed by atoms with Crippen LogP contribution in [0.25, 0.3) is 0 Å². The van der Waals surface area contributed by atoms with E-state index in [0.29, 0.717) is 25.7 Å². The number of hydrogen-bond acceptors (Lipinski definition) is 3. The lowest BCUT2D eigenvalue weighted by Crippen LogP contribution is -2.50. The third-order valence-corrected chi connectivity index (χ3v) is 4.03. The molecule has 0 heterocycles. The average Bonchev–Trinajstić information content (AvgIpc) is 2.16. The van der Waals surface area contributed by atoms with E-state index in [-0.39, 0.29) is 5.78 Å². The van der Waals surface area contributed by atoms with Gasteiger partial charge in [-0.1, -0.05) is 6.92 Å². The fourth-order valence-corrected chi connectivity index (χ4v) is 2.90. The smallest absolute Gasteiger partial charge is 0.155 e. The Bertz CT molecular complexity index is 330. The molecule has 2 N–H and O–H groups in total. The first-order valence-electron chi connectivity index (χ1n) is 5.52. The lowest BCUT2D eigenvalue weighted by molar-refractivity contribution is -0.118. The molecule has 2 rings (SSSR count). The van der Waals surface area contributed by atoms with Crippen LogP contribution < -0.4 is 0 Å². The summed E-state index contributed by atoms with van der Waals surface area (Å²) in [5.74, 6) is 0.0665.